The van der Waals surface area contributed by atoms with Gasteiger partial charge in [-0.05, 0) is 23.3 Å². The number of nitrogens with zero attached hydrogens (tertiary/aromatic N) is 1. The zero-order valence-electron chi connectivity index (χ0n) is 7.83. The van der Waals surface area contributed by atoms with Crippen LogP contribution in [-0.2, 0) is 20.1 Å². The summed E-state index contributed by atoms with van der Waals surface area (Å²) < 4.78 is 6.64. The van der Waals surface area contributed by atoms with Gasteiger partial charge in [0.25, 0.3) is 0 Å². The Morgan fingerprint density at radius 1 is 1.36 bits per heavy atom. The van der Waals surface area contributed by atoms with Crippen molar-refractivity contribution in [3.8, 4) is 0 Å². The molecule has 1 aliphatic heterocycles. The van der Waals surface area contributed by atoms with E-state index in [0.717, 1.165) is 18.6 Å². The molecule has 0 spiro atoms. The van der Waals surface area contributed by atoms with Crippen LogP contribution in [0.3, 0.4) is 0 Å². The summed E-state index contributed by atoms with van der Waals surface area (Å²) in [6.45, 7) is 1.74. The van der Waals surface area contributed by atoms with E-state index in [2.05, 4.69) is 5.32 Å². The Morgan fingerprint density at radius 2 is 2.07 bits per heavy atom. The van der Waals surface area contributed by atoms with Gasteiger partial charge in [0, 0.05) is 20.1 Å². The molecule has 1 N–H and O–H groups in total. The molecule has 1 aromatic heterocycles. The minimum absolute atomic E-state index is 0.295. The predicted molar refractivity (Wildman–Crippen MR) is 52.0 cm³/mol. The van der Waals surface area contributed by atoms with Crippen molar-refractivity contribution in [3.05, 3.63) is 33.8 Å². The molecule has 72 valence electrons. The summed E-state index contributed by atoms with van der Waals surface area (Å²) in [6.07, 6.45) is 0. The van der Waals surface area contributed by atoms with E-state index in [-0.39, 0.29) is 5.76 Å². The molecular weight excluding hydrogens is 180 g/mol. The molecule has 0 unspecified atom stereocenters. The molecule has 0 radical (unpaired) electrons. The summed E-state index contributed by atoms with van der Waals surface area (Å²) in [5, 5.41) is 3.26. The van der Waals surface area contributed by atoms with Crippen molar-refractivity contribution in [2.45, 2.75) is 13.1 Å². The molecule has 2 aromatic rings. The van der Waals surface area contributed by atoms with E-state index in [4.69, 9.17) is 4.42 Å². The van der Waals surface area contributed by atoms with Crippen LogP contribution in [0.5, 0.6) is 0 Å². The number of fused-ring (bicyclic) bond motifs is 2. The molecule has 0 saturated carbocycles. The van der Waals surface area contributed by atoms with Crippen molar-refractivity contribution < 1.29 is 4.42 Å². The van der Waals surface area contributed by atoms with Crippen LogP contribution >= 0.6 is 0 Å². The monoisotopic (exact) mass is 190 g/mol. The van der Waals surface area contributed by atoms with Gasteiger partial charge < -0.3 is 9.73 Å². The zero-order chi connectivity index (χ0) is 9.71. The number of aryl methyl sites for hydroxylation is 1. The van der Waals surface area contributed by atoms with E-state index in [1.807, 2.05) is 12.1 Å². The fourth-order valence-electron chi connectivity index (χ4n) is 1.92. The topological polar surface area (TPSA) is 47.2 Å². The van der Waals surface area contributed by atoms with Gasteiger partial charge in [-0.1, -0.05) is 0 Å². The Balaban J connectivity index is 2.44. The van der Waals surface area contributed by atoms with E-state index in [1.54, 1.807) is 7.05 Å². The molecule has 0 fully saturated rings. The fraction of sp³-hybridized carbons (Fsp3) is 0.300. The molecule has 2 heterocycles. The molecule has 4 heteroatoms. The van der Waals surface area contributed by atoms with Crippen LogP contribution in [0.15, 0.2) is 21.3 Å². The molecule has 0 atom stereocenters. The van der Waals surface area contributed by atoms with Gasteiger partial charge in [-0.15, -0.1) is 0 Å². The molecule has 1 aromatic carbocycles. The predicted octanol–water partition coefficient (Wildman–Crippen LogP) is 0.735. The highest BCUT2D eigenvalue weighted by atomic mass is 16.4. The van der Waals surface area contributed by atoms with E-state index in [9.17, 15) is 4.79 Å². The lowest BCUT2D eigenvalue weighted by Crippen LogP contribution is -2.08. The largest absolute Gasteiger partial charge is 0.419 e. The van der Waals surface area contributed by atoms with E-state index in [0.29, 0.717) is 5.58 Å². The van der Waals surface area contributed by atoms with Crippen LogP contribution in [0.1, 0.15) is 11.1 Å². The van der Waals surface area contributed by atoms with Crippen LogP contribution in [0, 0.1) is 0 Å². The average Bonchev–Trinajstić information content (AvgIpc) is 2.70. The fourth-order valence-corrected chi connectivity index (χ4v) is 1.92. The van der Waals surface area contributed by atoms with Crippen molar-refractivity contribution in [3.63, 3.8) is 0 Å². The van der Waals surface area contributed by atoms with Gasteiger partial charge in [-0.3, -0.25) is 4.57 Å². The number of aromatic nitrogens is 1. The normalized spacial score (nSPS) is 14.9. The second-order valence-corrected chi connectivity index (χ2v) is 3.62. The Bertz CT molecular complexity index is 565. The first-order valence-corrected chi connectivity index (χ1v) is 4.58. The Morgan fingerprint density at radius 3 is 2.86 bits per heavy atom. The minimum Gasteiger partial charge on any atom is -0.408 e. The quantitative estimate of drug-likeness (QED) is 0.666. The van der Waals surface area contributed by atoms with Gasteiger partial charge in [-0.2, -0.15) is 0 Å². The number of oxazole rings is 1. The second kappa shape index (κ2) is 2.48. The average molecular weight is 190 g/mol. The SMILES string of the molecule is Cn1c(=O)oc2cc3c(cc21)CNC3. The molecule has 0 aliphatic carbocycles. The smallest absolute Gasteiger partial charge is 0.408 e. The van der Waals surface area contributed by atoms with Crippen molar-refractivity contribution in [2.24, 2.45) is 7.05 Å². The third-order valence-electron chi connectivity index (χ3n) is 2.74. The van der Waals surface area contributed by atoms with Crippen LogP contribution in [-0.4, -0.2) is 4.57 Å². The van der Waals surface area contributed by atoms with Crippen molar-refractivity contribution in [1.29, 1.82) is 0 Å². The van der Waals surface area contributed by atoms with Gasteiger partial charge in [-0.25, -0.2) is 4.79 Å². The molecule has 14 heavy (non-hydrogen) atoms. The van der Waals surface area contributed by atoms with Crippen LogP contribution in [0.25, 0.3) is 11.1 Å². The third-order valence-corrected chi connectivity index (χ3v) is 2.74. The van der Waals surface area contributed by atoms with Crippen LogP contribution < -0.4 is 11.1 Å². The lowest BCUT2D eigenvalue weighted by atomic mass is 10.1. The maximum atomic E-state index is 11.2. The summed E-state index contributed by atoms with van der Waals surface area (Å²) in [5.74, 6) is -0.295. The highest BCUT2D eigenvalue weighted by molar-refractivity contribution is 5.75. The summed E-state index contributed by atoms with van der Waals surface area (Å²) in [6, 6.07) is 3.97. The lowest BCUT2D eigenvalue weighted by molar-refractivity contribution is 0.528. The molecule has 4 nitrogen and oxygen atoms in total. The number of nitrogens with one attached hydrogen (secondary N) is 1. The number of hydrogen-bond donors (Lipinski definition) is 1. The molecule has 0 amide bonds. The van der Waals surface area contributed by atoms with Crippen molar-refractivity contribution in [2.75, 3.05) is 0 Å². The van der Waals surface area contributed by atoms with Gasteiger partial charge in [0.1, 0.15) is 0 Å². The Hall–Kier alpha value is -1.55. The zero-order valence-corrected chi connectivity index (χ0v) is 7.83. The summed E-state index contributed by atoms with van der Waals surface area (Å²) in [7, 11) is 1.73. The molecular formula is C10H10N2O2. The van der Waals surface area contributed by atoms with E-state index >= 15 is 0 Å². The van der Waals surface area contributed by atoms with E-state index < -0.39 is 0 Å². The standard InChI is InChI=1S/C10H10N2O2/c1-12-8-2-6-4-11-5-7(6)3-9(8)14-10(12)13/h2-3,11H,4-5H2,1H3. The first kappa shape index (κ1) is 7.82. The second-order valence-electron chi connectivity index (χ2n) is 3.62. The lowest BCUT2D eigenvalue weighted by Gasteiger charge is -1.97. The first-order chi connectivity index (χ1) is 6.75. The molecule has 1 aliphatic rings. The third kappa shape index (κ3) is 0.886. The number of rotatable bonds is 0. The van der Waals surface area contributed by atoms with Gasteiger partial charge in [0.05, 0.1) is 5.52 Å². The molecule has 3 rings (SSSR count). The van der Waals surface area contributed by atoms with E-state index in [1.165, 1.54) is 15.7 Å². The minimum atomic E-state index is -0.295. The summed E-state index contributed by atoms with van der Waals surface area (Å²) in [5.41, 5.74) is 4.04. The highest BCUT2D eigenvalue weighted by Gasteiger charge is 2.14. The number of hydrogen-bond acceptors (Lipinski definition) is 3. The first-order valence-electron chi connectivity index (χ1n) is 4.58. The van der Waals surface area contributed by atoms with Crippen LogP contribution in [0.4, 0.5) is 0 Å². The van der Waals surface area contributed by atoms with Gasteiger partial charge in [0.15, 0.2) is 5.58 Å². The summed E-state index contributed by atoms with van der Waals surface area (Å²) >= 11 is 0. The molecule has 0 saturated heterocycles. The maximum Gasteiger partial charge on any atom is 0.419 e. The van der Waals surface area contributed by atoms with Crippen LogP contribution in [0.2, 0.25) is 0 Å². The number of benzene rings is 1. The maximum absolute atomic E-state index is 11.2. The van der Waals surface area contributed by atoms with Crippen molar-refractivity contribution in [1.82, 2.24) is 9.88 Å². The van der Waals surface area contributed by atoms with Crippen molar-refractivity contribution >= 4 is 11.1 Å². The van der Waals surface area contributed by atoms with Gasteiger partial charge >= 0.3 is 5.76 Å². The Kier molecular flexibility index (Phi) is 1.39. The summed E-state index contributed by atoms with van der Waals surface area (Å²) in [4.78, 5) is 11.2. The Labute approximate surface area is 80.1 Å². The van der Waals surface area contributed by atoms with Gasteiger partial charge in [0.2, 0.25) is 0 Å². The highest BCUT2D eigenvalue weighted by Crippen LogP contribution is 2.22. The molecule has 0 bridgehead atoms.